The highest BCUT2D eigenvalue weighted by Crippen LogP contribution is 2.26. The van der Waals surface area contributed by atoms with Crippen LogP contribution >= 0.6 is 23.2 Å². The number of rotatable bonds is 4. The van der Waals surface area contributed by atoms with E-state index in [0.29, 0.717) is 41.7 Å². The number of piperidine rings is 1. The summed E-state index contributed by atoms with van der Waals surface area (Å²) >= 11 is 12.0. The Morgan fingerprint density at radius 2 is 1.92 bits per heavy atom. The fourth-order valence-electron chi connectivity index (χ4n) is 3.10. The van der Waals surface area contributed by atoms with E-state index in [1.54, 1.807) is 29.2 Å². The number of amides is 2. The molecule has 2 amide bonds. The molecular formula is C19H20Cl2N2O3. The summed E-state index contributed by atoms with van der Waals surface area (Å²) < 4.78 is 5.15. The SMILES string of the molecule is CC(NC(=O)C1CCN(C(=O)c2ccco2)CC1)c1ccc(Cl)c(Cl)c1. The van der Waals surface area contributed by atoms with E-state index in [2.05, 4.69) is 5.32 Å². The first-order valence-electron chi connectivity index (χ1n) is 8.54. The smallest absolute Gasteiger partial charge is 0.289 e. The van der Waals surface area contributed by atoms with Crippen LogP contribution in [-0.2, 0) is 4.79 Å². The van der Waals surface area contributed by atoms with Crippen molar-refractivity contribution in [2.75, 3.05) is 13.1 Å². The number of likely N-dealkylation sites (tertiary alicyclic amines) is 1. The quantitative estimate of drug-likeness (QED) is 0.839. The summed E-state index contributed by atoms with van der Waals surface area (Å²) in [6.45, 7) is 2.99. The van der Waals surface area contributed by atoms with E-state index in [9.17, 15) is 9.59 Å². The monoisotopic (exact) mass is 394 g/mol. The van der Waals surface area contributed by atoms with Crippen LogP contribution in [0.3, 0.4) is 0 Å². The maximum absolute atomic E-state index is 12.5. The molecule has 1 atom stereocenters. The van der Waals surface area contributed by atoms with E-state index >= 15 is 0 Å². The molecule has 3 rings (SSSR count). The summed E-state index contributed by atoms with van der Waals surface area (Å²) in [6, 6.07) is 8.52. The van der Waals surface area contributed by atoms with Gasteiger partial charge in [0.05, 0.1) is 22.4 Å². The van der Waals surface area contributed by atoms with Gasteiger partial charge in [0.1, 0.15) is 0 Å². The zero-order valence-corrected chi connectivity index (χ0v) is 15.9. The lowest BCUT2D eigenvalue weighted by atomic mass is 9.95. The van der Waals surface area contributed by atoms with Gasteiger partial charge >= 0.3 is 0 Å². The summed E-state index contributed by atoms with van der Waals surface area (Å²) in [6.07, 6.45) is 2.75. The van der Waals surface area contributed by atoms with Gasteiger partial charge in [-0.15, -0.1) is 0 Å². The first kappa shape index (κ1) is 18.8. The molecule has 7 heteroatoms. The van der Waals surface area contributed by atoms with Gasteiger partial charge in [0.15, 0.2) is 5.76 Å². The number of nitrogens with zero attached hydrogens (tertiary/aromatic N) is 1. The predicted octanol–water partition coefficient (Wildman–Crippen LogP) is 4.32. The lowest BCUT2D eigenvalue weighted by Gasteiger charge is -2.31. The molecule has 1 fully saturated rings. The molecule has 0 aliphatic carbocycles. The van der Waals surface area contributed by atoms with Crippen LogP contribution in [-0.4, -0.2) is 29.8 Å². The van der Waals surface area contributed by atoms with E-state index in [1.807, 2.05) is 13.0 Å². The van der Waals surface area contributed by atoms with Crippen molar-refractivity contribution >= 4 is 35.0 Å². The number of furan rings is 1. The standard InChI is InChI=1S/C19H20Cl2N2O3/c1-12(14-4-5-15(20)16(21)11-14)22-18(24)13-6-8-23(9-7-13)19(25)17-3-2-10-26-17/h2-5,10-13H,6-9H2,1H3,(H,22,24). The van der Waals surface area contributed by atoms with E-state index in [4.69, 9.17) is 27.6 Å². The van der Waals surface area contributed by atoms with Gasteiger partial charge in [0, 0.05) is 19.0 Å². The minimum absolute atomic E-state index is 0.00586. The highest BCUT2D eigenvalue weighted by molar-refractivity contribution is 6.42. The third kappa shape index (κ3) is 4.22. The molecule has 0 spiro atoms. The number of hydrogen-bond acceptors (Lipinski definition) is 3. The van der Waals surface area contributed by atoms with Gasteiger partial charge in [-0.1, -0.05) is 29.3 Å². The average molecular weight is 395 g/mol. The number of halogens is 2. The third-order valence-corrected chi connectivity index (χ3v) is 5.43. The van der Waals surface area contributed by atoms with E-state index in [0.717, 1.165) is 5.56 Å². The van der Waals surface area contributed by atoms with Crippen molar-refractivity contribution in [3.8, 4) is 0 Å². The Morgan fingerprint density at radius 1 is 1.19 bits per heavy atom. The zero-order valence-electron chi connectivity index (χ0n) is 14.4. The number of nitrogens with one attached hydrogen (secondary N) is 1. The van der Waals surface area contributed by atoms with E-state index < -0.39 is 0 Å². The molecule has 26 heavy (non-hydrogen) atoms. The van der Waals surface area contributed by atoms with Gasteiger partial charge in [-0.05, 0) is 49.6 Å². The van der Waals surface area contributed by atoms with Crippen LogP contribution < -0.4 is 5.32 Å². The maximum atomic E-state index is 12.5. The molecule has 5 nitrogen and oxygen atoms in total. The van der Waals surface area contributed by atoms with E-state index in [-0.39, 0.29) is 23.8 Å². The van der Waals surface area contributed by atoms with Crippen LogP contribution in [0.2, 0.25) is 10.0 Å². The molecule has 1 saturated heterocycles. The molecule has 2 aromatic rings. The minimum Gasteiger partial charge on any atom is -0.459 e. The Balaban J connectivity index is 1.53. The van der Waals surface area contributed by atoms with Crippen molar-refractivity contribution in [2.24, 2.45) is 5.92 Å². The summed E-state index contributed by atoms with van der Waals surface area (Å²) in [5.74, 6) is 0.0914. The third-order valence-electron chi connectivity index (χ3n) is 4.69. The molecule has 1 aromatic heterocycles. The Hall–Kier alpha value is -1.98. The lowest BCUT2D eigenvalue weighted by molar-refractivity contribution is -0.127. The summed E-state index contributed by atoms with van der Waals surface area (Å²) in [5.41, 5.74) is 0.901. The van der Waals surface area contributed by atoms with Crippen molar-refractivity contribution < 1.29 is 14.0 Å². The Labute approximate surface area is 162 Å². The van der Waals surface area contributed by atoms with Crippen LogP contribution in [0, 0.1) is 5.92 Å². The van der Waals surface area contributed by atoms with Gasteiger partial charge in [-0.2, -0.15) is 0 Å². The van der Waals surface area contributed by atoms with Crippen molar-refractivity contribution in [2.45, 2.75) is 25.8 Å². The topological polar surface area (TPSA) is 62.6 Å². The normalized spacial score (nSPS) is 16.3. The second-order valence-electron chi connectivity index (χ2n) is 6.45. The first-order chi connectivity index (χ1) is 12.5. The number of benzene rings is 1. The van der Waals surface area contributed by atoms with Crippen LogP contribution in [0.1, 0.15) is 41.9 Å². The summed E-state index contributed by atoms with van der Waals surface area (Å²) in [5, 5.41) is 3.98. The predicted molar refractivity (Wildman–Crippen MR) is 100 cm³/mol. The van der Waals surface area contributed by atoms with Crippen molar-refractivity contribution in [3.63, 3.8) is 0 Å². The number of carbonyl (C=O) groups excluding carboxylic acids is 2. The van der Waals surface area contributed by atoms with Gasteiger partial charge in [0.25, 0.3) is 5.91 Å². The van der Waals surface area contributed by atoms with Gasteiger partial charge in [0.2, 0.25) is 5.91 Å². The molecule has 1 N–H and O–H groups in total. The Bertz CT molecular complexity index is 784. The molecule has 0 saturated carbocycles. The summed E-state index contributed by atoms with van der Waals surface area (Å²) in [4.78, 5) is 26.5. The molecule has 2 heterocycles. The number of carbonyl (C=O) groups is 2. The van der Waals surface area contributed by atoms with Crippen molar-refractivity contribution in [3.05, 3.63) is 58.0 Å². The zero-order chi connectivity index (χ0) is 18.7. The van der Waals surface area contributed by atoms with Crippen LogP contribution in [0.25, 0.3) is 0 Å². The highest BCUT2D eigenvalue weighted by atomic mass is 35.5. The van der Waals surface area contributed by atoms with Gasteiger partial charge in [-0.3, -0.25) is 9.59 Å². The second kappa shape index (κ2) is 8.14. The van der Waals surface area contributed by atoms with Crippen LogP contribution in [0.5, 0.6) is 0 Å². The average Bonchev–Trinajstić information content (AvgIpc) is 3.18. The minimum atomic E-state index is -0.167. The fourth-order valence-corrected chi connectivity index (χ4v) is 3.40. The summed E-state index contributed by atoms with van der Waals surface area (Å²) in [7, 11) is 0. The Kier molecular flexibility index (Phi) is 5.89. The van der Waals surface area contributed by atoms with Crippen molar-refractivity contribution in [1.29, 1.82) is 0 Å². The van der Waals surface area contributed by atoms with Crippen LogP contribution in [0.4, 0.5) is 0 Å². The van der Waals surface area contributed by atoms with E-state index in [1.165, 1.54) is 6.26 Å². The first-order valence-corrected chi connectivity index (χ1v) is 9.29. The lowest BCUT2D eigenvalue weighted by Crippen LogP contribution is -2.43. The molecule has 1 aromatic carbocycles. The molecular weight excluding hydrogens is 375 g/mol. The highest BCUT2D eigenvalue weighted by Gasteiger charge is 2.29. The molecule has 138 valence electrons. The van der Waals surface area contributed by atoms with Crippen LogP contribution in [0.15, 0.2) is 41.0 Å². The molecule has 1 aliphatic heterocycles. The molecule has 1 aliphatic rings. The maximum Gasteiger partial charge on any atom is 0.289 e. The molecule has 0 radical (unpaired) electrons. The fraction of sp³-hybridized carbons (Fsp3) is 0.368. The Morgan fingerprint density at radius 3 is 2.54 bits per heavy atom. The molecule has 1 unspecified atom stereocenters. The number of hydrogen-bond donors (Lipinski definition) is 1. The molecule has 0 bridgehead atoms. The van der Waals surface area contributed by atoms with Gasteiger partial charge < -0.3 is 14.6 Å². The second-order valence-corrected chi connectivity index (χ2v) is 7.26. The van der Waals surface area contributed by atoms with Crippen molar-refractivity contribution in [1.82, 2.24) is 10.2 Å². The van der Waals surface area contributed by atoms with Gasteiger partial charge in [-0.25, -0.2) is 0 Å². The largest absolute Gasteiger partial charge is 0.459 e.